The number of halogens is 6. The number of hydrogen-bond acceptors (Lipinski definition) is 3. The lowest BCUT2D eigenvalue weighted by Crippen LogP contribution is -2.30. The number of nitrogens with zero attached hydrogens (tertiary/aromatic N) is 1. The summed E-state index contributed by atoms with van der Waals surface area (Å²) >= 11 is 0. The van der Waals surface area contributed by atoms with Crippen LogP contribution in [0.25, 0.3) is 22.2 Å². The Morgan fingerprint density at radius 2 is 1.58 bits per heavy atom. The Labute approximate surface area is 201 Å². The zero-order valence-corrected chi connectivity index (χ0v) is 19.0. The summed E-state index contributed by atoms with van der Waals surface area (Å²) in [5.74, 6) is 0.659. The zero-order valence-electron chi connectivity index (χ0n) is 18.2. The average molecular weight is 525 g/mol. The highest BCUT2D eigenvalue weighted by atomic mass is 32.2. The average Bonchev–Trinajstić information content (AvgIpc) is 3.49. The number of fused-ring (bicyclic) bond motifs is 1. The van der Waals surface area contributed by atoms with Crippen molar-refractivity contribution < 1.29 is 34.8 Å². The van der Waals surface area contributed by atoms with Crippen LogP contribution in [0.3, 0.4) is 0 Å². The summed E-state index contributed by atoms with van der Waals surface area (Å²) in [5.41, 5.74) is -3.74. The summed E-state index contributed by atoms with van der Waals surface area (Å²) in [6, 6.07) is 15.7. The summed E-state index contributed by atoms with van der Waals surface area (Å²) in [7, 11) is -5.60. The Balaban J connectivity index is 1.40. The molecule has 1 aliphatic rings. The highest BCUT2D eigenvalue weighted by Gasteiger charge is 2.46. The van der Waals surface area contributed by atoms with Gasteiger partial charge in [-0.2, -0.15) is 34.8 Å². The van der Waals surface area contributed by atoms with Gasteiger partial charge in [-0.1, -0.05) is 36.4 Å². The topological polar surface area (TPSA) is 74.8 Å². The third kappa shape index (κ3) is 4.52. The third-order valence-corrected chi connectivity index (χ3v) is 7.19. The van der Waals surface area contributed by atoms with E-state index in [2.05, 4.69) is 9.97 Å². The molecule has 5 nitrogen and oxygen atoms in total. The normalized spacial score (nSPS) is 18.4. The molecular formula is C24H17F6N3O2S. The molecule has 2 unspecified atom stereocenters. The van der Waals surface area contributed by atoms with E-state index in [1.165, 1.54) is 30.3 Å². The van der Waals surface area contributed by atoms with Crippen molar-refractivity contribution in [1.82, 2.24) is 9.97 Å². The van der Waals surface area contributed by atoms with Crippen molar-refractivity contribution in [3.05, 3.63) is 83.7 Å². The minimum atomic E-state index is -5.60. The van der Waals surface area contributed by atoms with E-state index in [-0.39, 0.29) is 23.1 Å². The number of anilines is 1. The van der Waals surface area contributed by atoms with Crippen LogP contribution < -0.4 is 4.72 Å². The van der Waals surface area contributed by atoms with Crippen LogP contribution in [0.5, 0.6) is 0 Å². The van der Waals surface area contributed by atoms with Gasteiger partial charge in [0.2, 0.25) is 0 Å². The van der Waals surface area contributed by atoms with Crippen molar-refractivity contribution in [2.24, 2.45) is 0 Å². The number of rotatable bonds is 5. The van der Waals surface area contributed by atoms with Crippen LogP contribution in [0.15, 0.2) is 66.7 Å². The molecule has 1 heterocycles. The van der Waals surface area contributed by atoms with Crippen LogP contribution in [0.2, 0.25) is 0 Å². The molecule has 0 spiro atoms. The molecule has 0 aliphatic heterocycles. The largest absolute Gasteiger partial charge is 0.516 e. The minimum absolute atomic E-state index is 0.0107. The number of sulfonamides is 1. The van der Waals surface area contributed by atoms with Crippen molar-refractivity contribution in [2.75, 3.05) is 4.72 Å². The first-order chi connectivity index (χ1) is 16.8. The van der Waals surface area contributed by atoms with Crippen LogP contribution in [0.1, 0.15) is 35.2 Å². The van der Waals surface area contributed by atoms with Gasteiger partial charge in [-0.05, 0) is 53.8 Å². The maximum absolute atomic E-state index is 12.9. The fourth-order valence-corrected chi connectivity index (χ4v) is 4.76. The van der Waals surface area contributed by atoms with Gasteiger partial charge in [0.25, 0.3) is 0 Å². The molecule has 5 rings (SSSR count). The fraction of sp³-hybridized carbons (Fsp3) is 0.208. The van der Waals surface area contributed by atoms with E-state index in [0.717, 1.165) is 17.7 Å². The Hall–Kier alpha value is -3.54. The van der Waals surface area contributed by atoms with E-state index in [1.807, 2.05) is 0 Å². The molecule has 2 atom stereocenters. The van der Waals surface area contributed by atoms with Crippen LogP contribution in [-0.4, -0.2) is 23.9 Å². The molecule has 36 heavy (non-hydrogen) atoms. The Morgan fingerprint density at radius 1 is 0.889 bits per heavy atom. The summed E-state index contributed by atoms with van der Waals surface area (Å²) in [5, 5.41) is 0. The highest BCUT2D eigenvalue weighted by molar-refractivity contribution is 7.93. The molecule has 2 N–H and O–H groups in total. The van der Waals surface area contributed by atoms with Gasteiger partial charge in [0.15, 0.2) is 0 Å². The van der Waals surface area contributed by atoms with E-state index in [1.54, 1.807) is 29.0 Å². The molecule has 0 radical (unpaired) electrons. The second-order valence-corrected chi connectivity index (χ2v) is 10.2. The number of benzene rings is 3. The Kier molecular flexibility index (Phi) is 5.54. The van der Waals surface area contributed by atoms with Gasteiger partial charge >= 0.3 is 21.7 Å². The quantitative estimate of drug-likeness (QED) is 0.282. The summed E-state index contributed by atoms with van der Waals surface area (Å²) < 4.78 is 102. The summed E-state index contributed by atoms with van der Waals surface area (Å²) in [6.45, 7) is 0. The Morgan fingerprint density at radius 3 is 2.25 bits per heavy atom. The first kappa shape index (κ1) is 24.2. The number of H-pyrrole nitrogens is 1. The lowest BCUT2D eigenvalue weighted by molar-refractivity contribution is -0.137. The van der Waals surface area contributed by atoms with Crippen LogP contribution in [0.4, 0.5) is 32.0 Å². The zero-order chi connectivity index (χ0) is 25.9. The first-order valence-electron chi connectivity index (χ1n) is 10.7. The predicted molar refractivity (Wildman–Crippen MR) is 122 cm³/mol. The smallest absolute Gasteiger partial charge is 0.342 e. The molecule has 4 aromatic rings. The molecule has 1 aromatic heterocycles. The molecule has 3 aromatic carbocycles. The number of para-hydroxylation sites is 1. The number of imidazole rings is 1. The first-order valence-corrected chi connectivity index (χ1v) is 12.2. The minimum Gasteiger partial charge on any atom is -0.342 e. The van der Waals surface area contributed by atoms with Crippen molar-refractivity contribution in [3.63, 3.8) is 0 Å². The molecular weight excluding hydrogens is 508 g/mol. The standard InChI is InChI=1S/C24H17F6N3O2S/c25-23(26,27)15-8-5-13(6-9-15)17-12-18(17)22-31-20-10-7-14(11-21(20)32-22)16-3-1-2-4-19(16)33-36(34,35)24(28,29)30/h1-11,17-18,33H,12H2,(H,31,32). The van der Waals surface area contributed by atoms with Gasteiger partial charge in [-0.25, -0.2) is 4.98 Å². The van der Waals surface area contributed by atoms with Crippen molar-refractivity contribution in [3.8, 4) is 11.1 Å². The lowest BCUT2D eigenvalue weighted by Gasteiger charge is -2.14. The molecule has 188 valence electrons. The number of aromatic amines is 1. The second-order valence-electron chi connectivity index (χ2n) is 8.52. The van der Waals surface area contributed by atoms with E-state index in [0.29, 0.717) is 28.8 Å². The monoisotopic (exact) mass is 525 g/mol. The fourth-order valence-electron chi connectivity index (χ4n) is 4.18. The molecule has 1 saturated carbocycles. The van der Waals surface area contributed by atoms with Gasteiger partial charge in [0.05, 0.1) is 22.3 Å². The summed E-state index contributed by atoms with van der Waals surface area (Å²) in [4.78, 5) is 7.78. The van der Waals surface area contributed by atoms with Crippen LogP contribution in [-0.2, 0) is 16.2 Å². The van der Waals surface area contributed by atoms with Gasteiger partial charge in [-0.3, -0.25) is 4.72 Å². The van der Waals surface area contributed by atoms with Gasteiger partial charge in [0.1, 0.15) is 5.82 Å². The van der Waals surface area contributed by atoms with E-state index >= 15 is 0 Å². The molecule has 0 bridgehead atoms. The molecule has 0 amide bonds. The van der Waals surface area contributed by atoms with Crippen LogP contribution >= 0.6 is 0 Å². The number of aromatic nitrogens is 2. The van der Waals surface area contributed by atoms with Crippen LogP contribution in [0, 0.1) is 0 Å². The van der Waals surface area contributed by atoms with E-state index in [9.17, 15) is 34.8 Å². The summed E-state index contributed by atoms with van der Waals surface area (Å²) in [6.07, 6.45) is -3.69. The Bertz CT molecular complexity index is 1540. The second kappa shape index (κ2) is 8.26. The van der Waals surface area contributed by atoms with Crippen molar-refractivity contribution in [1.29, 1.82) is 0 Å². The van der Waals surface area contributed by atoms with Gasteiger partial charge < -0.3 is 4.98 Å². The van der Waals surface area contributed by atoms with Crippen molar-refractivity contribution in [2.45, 2.75) is 29.9 Å². The van der Waals surface area contributed by atoms with Gasteiger partial charge in [-0.15, -0.1) is 0 Å². The lowest BCUT2D eigenvalue weighted by atomic mass is 10.0. The number of nitrogens with one attached hydrogen (secondary N) is 2. The van der Waals surface area contributed by atoms with Crippen molar-refractivity contribution >= 4 is 26.7 Å². The maximum Gasteiger partial charge on any atom is 0.516 e. The maximum atomic E-state index is 12.9. The molecule has 1 fully saturated rings. The molecule has 0 saturated heterocycles. The molecule has 1 aliphatic carbocycles. The number of hydrogen-bond donors (Lipinski definition) is 2. The van der Waals surface area contributed by atoms with Gasteiger partial charge in [0, 0.05) is 11.5 Å². The molecule has 12 heteroatoms. The highest BCUT2D eigenvalue weighted by Crippen LogP contribution is 2.54. The SMILES string of the molecule is O=S(=O)(Nc1ccccc1-c1ccc2[nH]c(C3CC3c3ccc(C(F)(F)F)cc3)nc2c1)C(F)(F)F. The third-order valence-electron chi connectivity index (χ3n) is 6.10. The number of alkyl halides is 6. The van der Waals surface area contributed by atoms with E-state index < -0.39 is 27.3 Å². The predicted octanol–water partition coefficient (Wildman–Crippen LogP) is 6.78. The van der Waals surface area contributed by atoms with E-state index in [4.69, 9.17) is 0 Å².